The number of ether oxygens (including phenoxy) is 2. The Morgan fingerprint density at radius 1 is 1.06 bits per heavy atom. The third-order valence-corrected chi connectivity index (χ3v) is 7.35. The maximum atomic E-state index is 6.27. The van der Waals surface area contributed by atoms with Gasteiger partial charge in [-0.2, -0.15) is 0 Å². The molecule has 0 saturated carbocycles. The van der Waals surface area contributed by atoms with E-state index in [0.29, 0.717) is 28.9 Å². The average Bonchev–Trinajstić information content (AvgIpc) is 3.52. The molecule has 0 atom stereocenters. The number of hydrogen-bond donors (Lipinski definition) is 1. The van der Waals surface area contributed by atoms with E-state index in [-0.39, 0.29) is 0 Å². The summed E-state index contributed by atoms with van der Waals surface area (Å²) in [6.45, 7) is 2.30. The van der Waals surface area contributed by atoms with E-state index in [2.05, 4.69) is 26.3 Å². The summed E-state index contributed by atoms with van der Waals surface area (Å²) in [6, 6.07) is 13.6. The highest BCUT2D eigenvalue weighted by molar-refractivity contribution is 7.20. The van der Waals surface area contributed by atoms with Gasteiger partial charge in [-0.3, -0.25) is 0 Å². The van der Waals surface area contributed by atoms with E-state index in [0.717, 1.165) is 37.7 Å². The van der Waals surface area contributed by atoms with Gasteiger partial charge >= 0.3 is 0 Å². The van der Waals surface area contributed by atoms with Crippen molar-refractivity contribution in [3.63, 3.8) is 0 Å². The summed E-state index contributed by atoms with van der Waals surface area (Å²) in [5.41, 5.74) is 3.46. The maximum absolute atomic E-state index is 6.27. The largest absolute Gasteiger partial charge is 0.493 e. The highest BCUT2D eigenvalue weighted by atomic mass is 35.5. The van der Waals surface area contributed by atoms with Crippen molar-refractivity contribution in [2.45, 2.75) is 13.5 Å². The van der Waals surface area contributed by atoms with Crippen LogP contribution in [0.25, 0.3) is 20.8 Å². The zero-order chi connectivity index (χ0) is 22.8. The number of anilines is 2. The van der Waals surface area contributed by atoms with Crippen molar-refractivity contribution < 1.29 is 9.47 Å². The van der Waals surface area contributed by atoms with Gasteiger partial charge in [0.25, 0.3) is 0 Å². The second-order valence-corrected chi connectivity index (χ2v) is 9.45. The fraction of sp³-hybridized carbons (Fsp3) is 0.125. The minimum atomic E-state index is 0.335. The number of halogens is 1. The molecule has 5 aromatic rings. The Balaban J connectivity index is 1.40. The standard InChI is InChI=1S/C24H19ClN4O2S2/c1-14-5-6-15(8-18(14)25)28-23-17-9-20(30-2)21(10-19(17)26-13-27-23)31-11-16-12-33-24(29-16)22-4-3-7-32-22/h3-10,12-13H,11H2,1-2H3,(H,26,27,28). The number of nitrogens with one attached hydrogen (secondary N) is 1. The van der Waals surface area contributed by atoms with E-state index < -0.39 is 0 Å². The van der Waals surface area contributed by atoms with Crippen LogP contribution in [0.2, 0.25) is 5.02 Å². The lowest BCUT2D eigenvalue weighted by Crippen LogP contribution is -2.00. The highest BCUT2D eigenvalue weighted by Gasteiger charge is 2.14. The molecule has 166 valence electrons. The number of aryl methyl sites for hydroxylation is 1. The third kappa shape index (κ3) is 4.64. The molecule has 1 N–H and O–H groups in total. The molecule has 0 saturated heterocycles. The minimum absolute atomic E-state index is 0.335. The summed E-state index contributed by atoms with van der Waals surface area (Å²) >= 11 is 9.55. The lowest BCUT2D eigenvalue weighted by Gasteiger charge is -2.13. The van der Waals surface area contributed by atoms with Crippen LogP contribution in [0.3, 0.4) is 0 Å². The van der Waals surface area contributed by atoms with Crippen molar-refractivity contribution in [2.24, 2.45) is 0 Å². The molecule has 0 unspecified atom stereocenters. The smallest absolute Gasteiger partial charge is 0.163 e. The van der Waals surface area contributed by atoms with E-state index in [1.807, 2.05) is 54.1 Å². The van der Waals surface area contributed by atoms with Gasteiger partial charge in [0, 0.05) is 27.5 Å². The van der Waals surface area contributed by atoms with Crippen LogP contribution in [0, 0.1) is 6.92 Å². The fourth-order valence-electron chi connectivity index (χ4n) is 3.28. The number of hydrogen-bond acceptors (Lipinski definition) is 8. The Labute approximate surface area is 203 Å². The third-order valence-electron chi connectivity index (χ3n) is 5.01. The first kappa shape index (κ1) is 21.6. The van der Waals surface area contributed by atoms with Crippen LogP contribution in [0.4, 0.5) is 11.5 Å². The zero-order valence-electron chi connectivity index (χ0n) is 17.8. The molecule has 0 fully saturated rings. The monoisotopic (exact) mass is 494 g/mol. The molecule has 0 aliphatic heterocycles. The molecule has 0 aliphatic rings. The van der Waals surface area contributed by atoms with Crippen LogP contribution in [0.1, 0.15) is 11.3 Å². The first-order valence-electron chi connectivity index (χ1n) is 10.1. The molecule has 3 aromatic heterocycles. The SMILES string of the molecule is COc1cc2c(Nc3ccc(C)c(Cl)c3)ncnc2cc1OCc1csc(-c2cccs2)n1. The molecule has 5 rings (SSSR count). The van der Waals surface area contributed by atoms with Crippen LogP contribution in [-0.2, 0) is 6.61 Å². The number of thiophene rings is 1. The molecular formula is C24H19ClN4O2S2. The van der Waals surface area contributed by atoms with E-state index in [1.165, 1.54) is 6.33 Å². The molecule has 9 heteroatoms. The normalized spacial score (nSPS) is 11.0. The maximum Gasteiger partial charge on any atom is 0.163 e. The van der Waals surface area contributed by atoms with E-state index in [9.17, 15) is 0 Å². The van der Waals surface area contributed by atoms with Crippen molar-refractivity contribution in [1.82, 2.24) is 15.0 Å². The second kappa shape index (κ2) is 9.35. The van der Waals surface area contributed by atoms with Gasteiger partial charge in [-0.1, -0.05) is 23.7 Å². The first-order valence-corrected chi connectivity index (χ1v) is 12.2. The van der Waals surface area contributed by atoms with Crippen LogP contribution >= 0.6 is 34.3 Å². The molecule has 6 nitrogen and oxygen atoms in total. The predicted octanol–water partition coefficient (Wildman–Crippen LogP) is 7.11. The Hall–Kier alpha value is -3.20. The van der Waals surface area contributed by atoms with Crippen molar-refractivity contribution in [1.29, 1.82) is 0 Å². The average molecular weight is 495 g/mol. The molecule has 2 aromatic carbocycles. The lowest BCUT2D eigenvalue weighted by molar-refractivity contribution is 0.282. The molecule has 33 heavy (non-hydrogen) atoms. The number of rotatable bonds is 7. The van der Waals surface area contributed by atoms with Gasteiger partial charge in [0.15, 0.2) is 11.5 Å². The fourth-order valence-corrected chi connectivity index (χ4v) is 5.08. The van der Waals surface area contributed by atoms with E-state index >= 15 is 0 Å². The molecule has 0 aliphatic carbocycles. The summed E-state index contributed by atoms with van der Waals surface area (Å²) in [5, 5.41) is 9.88. The lowest BCUT2D eigenvalue weighted by atomic mass is 10.2. The topological polar surface area (TPSA) is 69.2 Å². The van der Waals surface area contributed by atoms with Gasteiger partial charge in [0.05, 0.1) is 23.2 Å². The quantitative estimate of drug-likeness (QED) is 0.260. The van der Waals surface area contributed by atoms with Crippen LogP contribution in [-0.4, -0.2) is 22.1 Å². The van der Waals surface area contributed by atoms with Crippen molar-refractivity contribution in [3.8, 4) is 21.4 Å². The molecule has 0 radical (unpaired) electrons. The number of thiazole rings is 1. The second-order valence-electron chi connectivity index (χ2n) is 7.24. The summed E-state index contributed by atoms with van der Waals surface area (Å²) < 4.78 is 11.7. The number of methoxy groups -OCH3 is 1. The summed E-state index contributed by atoms with van der Waals surface area (Å²) in [6.07, 6.45) is 1.52. The van der Waals surface area contributed by atoms with Crippen LogP contribution in [0.5, 0.6) is 11.5 Å². The number of nitrogens with zero attached hydrogens (tertiary/aromatic N) is 3. The summed E-state index contributed by atoms with van der Waals surface area (Å²) in [4.78, 5) is 14.7. The Morgan fingerprint density at radius 3 is 2.76 bits per heavy atom. The van der Waals surface area contributed by atoms with E-state index in [4.69, 9.17) is 21.1 Å². The van der Waals surface area contributed by atoms with Crippen LogP contribution < -0.4 is 14.8 Å². The minimum Gasteiger partial charge on any atom is -0.493 e. The Bertz CT molecular complexity index is 1420. The summed E-state index contributed by atoms with van der Waals surface area (Å²) in [7, 11) is 1.61. The van der Waals surface area contributed by atoms with Gasteiger partial charge in [-0.05, 0) is 42.1 Å². The van der Waals surface area contributed by atoms with E-state index in [1.54, 1.807) is 29.8 Å². The Kier molecular flexibility index (Phi) is 6.13. The zero-order valence-corrected chi connectivity index (χ0v) is 20.2. The molecule has 0 amide bonds. The first-order chi connectivity index (χ1) is 16.1. The number of fused-ring (bicyclic) bond motifs is 1. The molecule has 3 heterocycles. The molecule has 0 spiro atoms. The Morgan fingerprint density at radius 2 is 1.97 bits per heavy atom. The van der Waals surface area contributed by atoms with Crippen molar-refractivity contribution in [2.75, 3.05) is 12.4 Å². The highest BCUT2D eigenvalue weighted by Crippen LogP contribution is 2.36. The van der Waals surface area contributed by atoms with Gasteiger partial charge in [0.2, 0.25) is 0 Å². The number of aromatic nitrogens is 3. The molecular weight excluding hydrogens is 476 g/mol. The van der Waals surface area contributed by atoms with Gasteiger partial charge < -0.3 is 14.8 Å². The van der Waals surface area contributed by atoms with Crippen molar-refractivity contribution in [3.05, 3.63) is 75.8 Å². The summed E-state index contributed by atoms with van der Waals surface area (Å²) in [5.74, 6) is 1.85. The predicted molar refractivity (Wildman–Crippen MR) is 135 cm³/mol. The molecule has 0 bridgehead atoms. The van der Waals surface area contributed by atoms with Gasteiger partial charge in [-0.25, -0.2) is 15.0 Å². The number of benzene rings is 2. The van der Waals surface area contributed by atoms with Gasteiger partial charge in [-0.15, -0.1) is 22.7 Å². The van der Waals surface area contributed by atoms with Crippen LogP contribution in [0.15, 0.2) is 59.6 Å². The van der Waals surface area contributed by atoms with Crippen molar-refractivity contribution >= 4 is 56.7 Å². The van der Waals surface area contributed by atoms with Gasteiger partial charge in [0.1, 0.15) is 23.8 Å².